The molecule has 50 heavy (non-hydrogen) atoms. The molecule has 2 N–H and O–H groups in total. The smallest absolute Gasteiger partial charge is 0.261 e. The number of aromatic hydroxyl groups is 1. The number of nitrogens with zero attached hydrogens (tertiary/aromatic N) is 4. The minimum atomic E-state index is -3.94. The number of benzene rings is 4. The quantitative estimate of drug-likeness (QED) is 0.176. The summed E-state index contributed by atoms with van der Waals surface area (Å²) in [6.07, 6.45) is 6.79. The van der Waals surface area contributed by atoms with Crippen molar-refractivity contribution in [2.45, 2.75) is 11.8 Å². The van der Waals surface area contributed by atoms with Gasteiger partial charge in [0.25, 0.3) is 10.0 Å². The highest BCUT2D eigenvalue weighted by molar-refractivity contribution is 7.92. The molecule has 0 fully saturated rings. The molecular formula is C39H29ClFN5O3S. The van der Waals surface area contributed by atoms with Gasteiger partial charge in [-0.15, -0.1) is 0 Å². The summed E-state index contributed by atoms with van der Waals surface area (Å²) in [6, 6.07) is 34.9. The van der Waals surface area contributed by atoms with Gasteiger partial charge in [-0.3, -0.25) is 19.7 Å². The summed E-state index contributed by atoms with van der Waals surface area (Å²) in [5.41, 5.74) is 5.59. The Hall–Kier alpha value is -5.97. The van der Waals surface area contributed by atoms with Crippen molar-refractivity contribution in [3.63, 3.8) is 0 Å². The Labute approximate surface area is 293 Å². The van der Waals surface area contributed by atoms with Crippen LogP contribution in [0.3, 0.4) is 0 Å². The third-order valence-electron chi connectivity index (χ3n) is 7.50. The molecule has 0 amide bonds. The average Bonchev–Trinajstić information content (AvgIpc) is 3.13. The second-order valence-corrected chi connectivity index (χ2v) is 13.2. The highest BCUT2D eigenvalue weighted by atomic mass is 35.5. The third-order valence-corrected chi connectivity index (χ3v) is 9.18. The van der Waals surface area contributed by atoms with Crippen LogP contribution in [0.1, 0.15) is 5.56 Å². The molecule has 0 unspecified atom stereocenters. The number of hydrogen-bond donors (Lipinski definition) is 2. The number of hydrogen-bond acceptors (Lipinski definition) is 7. The van der Waals surface area contributed by atoms with Crippen LogP contribution in [0, 0.1) is 12.7 Å². The molecule has 0 atom stereocenters. The van der Waals surface area contributed by atoms with E-state index in [-0.39, 0.29) is 21.5 Å². The highest BCUT2D eigenvalue weighted by Crippen LogP contribution is 2.30. The maximum absolute atomic E-state index is 13.1. The number of aromatic nitrogens is 4. The van der Waals surface area contributed by atoms with Crippen LogP contribution < -0.4 is 4.72 Å². The van der Waals surface area contributed by atoms with Gasteiger partial charge in [0, 0.05) is 52.6 Å². The van der Waals surface area contributed by atoms with Crippen LogP contribution in [-0.2, 0) is 10.0 Å². The van der Waals surface area contributed by atoms with Crippen molar-refractivity contribution in [3.8, 4) is 16.9 Å². The molecule has 0 aliphatic heterocycles. The predicted octanol–water partition coefficient (Wildman–Crippen LogP) is 9.37. The first-order valence-electron chi connectivity index (χ1n) is 15.3. The number of halogens is 2. The van der Waals surface area contributed by atoms with E-state index in [0.29, 0.717) is 5.56 Å². The summed E-state index contributed by atoms with van der Waals surface area (Å²) in [5.74, 6) is -0.262. The van der Waals surface area contributed by atoms with Crippen LogP contribution >= 0.6 is 11.6 Å². The first-order chi connectivity index (χ1) is 24.1. The fraction of sp³-hybridized carbons (Fsp3) is 0.0256. The molecule has 0 saturated carbocycles. The van der Waals surface area contributed by atoms with E-state index in [1.54, 1.807) is 36.8 Å². The van der Waals surface area contributed by atoms with Crippen LogP contribution in [0.25, 0.3) is 43.8 Å². The summed E-state index contributed by atoms with van der Waals surface area (Å²) in [5, 5.41) is 12.3. The Morgan fingerprint density at radius 3 is 1.84 bits per heavy atom. The zero-order valence-corrected chi connectivity index (χ0v) is 28.1. The van der Waals surface area contributed by atoms with Gasteiger partial charge in [0.15, 0.2) is 5.15 Å². The molecule has 4 aromatic heterocycles. The maximum Gasteiger partial charge on any atom is 0.261 e. The Balaban J connectivity index is 0.000000159. The van der Waals surface area contributed by atoms with Crippen LogP contribution in [0.15, 0.2) is 151 Å². The van der Waals surface area contributed by atoms with Crippen molar-refractivity contribution in [1.29, 1.82) is 0 Å². The zero-order chi connectivity index (χ0) is 35.1. The van der Waals surface area contributed by atoms with E-state index in [4.69, 9.17) is 16.7 Å². The van der Waals surface area contributed by atoms with E-state index in [2.05, 4.69) is 55.8 Å². The Morgan fingerprint density at radius 2 is 1.20 bits per heavy atom. The molecule has 8 nitrogen and oxygen atoms in total. The second kappa shape index (κ2) is 15.1. The lowest BCUT2D eigenvalue weighted by molar-refractivity contribution is 0.476. The number of anilines is 1. The van der Waals surface area contributed by atoms with Crippen molar-refractivity contribution in [1.82, 2.24) is 19.9 Å². The van der Waals surface area contributed by atoms with E-state index in [9.17, 15) is 12.8 Å². The Kier molecular flexibility index (Phi) is 10.2. The molecule has 0 aliphatic carbocycles. The molecule has 0 saturated heterocycles. The molecular weight excluding hydrogens is 673 g/mol. The molecule has 0 bridgehead atoms. The highest BCUT2D eigenvalue weighted by Gasteiger charge is 2.17. The maximum atomic E-state index is 13.1. The van der Waals surface area contributed by atoms with E-state index in [1.807, 2.05) is 60.8 Å². The number of phenols is 1. The fourth-order valence-electron chi connectivity index (χ4n) is 4.97. The molecule has 0 radical (unpaired) electrons. The first kappa shape index (κ1) is 33.9. The number of nitrogens with one attached hydrogen (secondary N) is 1. The van der Waals surface area contributed by atoms with Gasteiger partial charge >= 0.3 is 0 Å². The van der Waals surface area contributed by atoms with Crippen molar-refractivity contribution in [3.05, 3.63) is 163 Å². The molecule has 0 spiro atoms. The van der Waals surface area contributed by atoms with Gasteiger partial charge in [-0.25, -0.2) is 17.8 Å². The van der Waals surface area contributed by atoms with Gasteiger partial charge in [-0.05, 0) is 90.8 Å². The lowest BCUT2D eigenvalue weighted by atomic mass is 10.1. The monoisotopic (exact) mass is 701 g/mol. The lowest BCUT2D eigenvalue weighted by Crippen LogP contribution is -2.13. The van der Waals surface area contributed by atoms with Gasteiger partial charge in [-0.1, -0.05) is 54.1 Å². The average molecular weight is 702 g/mol. The normalized spacial score (nSPS) is 10.9. The van der Waals surface area contributed by atoms with Crippen LogP contribution in [0.5, 0.6) is 5.75 Å². The predicted molar refractivity (Wildman–Crippen MR) is 197 cm³/mol. The van der Waals surface area contributed by atoms with Gasteiger partial charge in [0.2, 0.25) is 0 Å². The summed E-state index contributed by atoms with van der Waals surface area (Å²) in [6.45, 7) is 2.08. The SMILES string of the molecule is Cc1ccc2cccnc2c1.O=S(=O)(Nc1cc(-c2ccc3cccnc3c2)cnc1Cl)c1ccc(F)cc1.Oc1ccc2cccnc2c1. The van der Waals surface area contributed by atoms with Crippen molar-refractivity contribution < 1.29 is 17.9 Å². The lowest BCUT2D eigenvalue weighted by Gasteiger charge is -2.11. The van der Waals surface area contributed by atoms with Crippen LogP contribution in [-0.4, -0.2) is 33.5 Å². The first-order valence-corrected chi connectivity index (χ1v) is 17.1. The van der Waals surface area contributed by atoms with E-state index in [0.717, 1.165) is 45.0 Å². The van der Waals surface area contributed by atoms with E-state index in [1.165, 1.54) is 23.1 Å². The zero-order valence-electron chi connectivity index (χ0n) is 26.6. The fourth-order valence-corrected chi connectivity index (χ4v) is 6.24. The molecule has 4 heterocycles. The number of sulfonamides is 1. The Bertz CT molecular complexity index is 2470. The summed E-state index contributed by atoms with van der Waals surface area (Å²) < 4.78 is 40.6. The third kappa shape index (κ3) is 8.35. The molecule has 11 heteroatoms. The standard InChI is InChI=1S/C20H13ClFN3O2S.C10H9N.C9H7NO/c21-20-19(25-28(26,27)17-7-5-16(22)6-8-17)11-15(12-24-20)14-4-3-13-2-1-9-23-18(13)10-14;1-8-4-5-9-3-2-6-11-10(9)7-8;11-8-4-3-7-2-1-5-10-9(7)6-8/h1-12,25H;2-7H,1H3;1-6,11H. The Morgan fingerprint density at radius 1 is 0.640 bits per heavy atom. The van der Waals surface area contributed by atoms with Crippen molar-refractivity contribution in [2.75, 3.05) is 4.72 Å². The topological polar surface area (TPSA) is 118 Å². The van der Waals surface area contributed by atoms with Gasteiger partial charge < -0.3 is 5.11 Å². The largest absolute Gasteiger partial charge is 0.508 e. The van der Waals surface area contributed by atoms with Gasteiger partial charge in [-0.2, -0.15) is 0 Å². The van der Waals surface area contributed by atoms with Crippen LogP contribution in [0.2, 0.25) is 5.15 Å². The molecule has 8 rings (SSSR count). The molecule has 248 valence electrons. The second-order valence-electron chi connectivity index (χ2n) is 11.1. The van der Waals surface area contributed by atoms with Gasteiger partial charge in [0.05, 0.1) is 27.1 Å². The molecule has 0 aliphatic rings. The molecule has 8 aromatic rings. The van der Waals surface area contributed by atoms with Crippen LogP contribution in [0.4, 0.5) is 10.1 Å². The van der Waals surface area contributed by atoms with E-state index >= 15 is 0 Å². The summed E-state index contributed by atoms with van der Waals surface area (Å²) in [4.78, 5) is 16.7. The number of fused-ring (bicyclic) bond motifs is 3. The number of phenolic OH excluding ortho intramolecular Hbond substituents is 1. The van der Waals surface area contributed by atoms with E-state index < -0.39 is 15.8 Å². The number of rotatable bonds is 4. The van der Waals surface area contributed by atoms with Gasteiger partial charge in [0.1, 0.15) is 11.6 Å². The number of pyridine rings is 4. The van der Waals surface area contributed by atoms with Crippen molar-refractivity contribution >= 4 is 60.0 Å². The molecule has 4 aromatic carbocycles. The minimum absolute atomic E-state index is 0.00773. The number of aryl methyl sites for hydroxylation is 1. The summed E-state index contributed by atoms with van der Waals surface area (Å²) in [7, 11) is -3.94. The van der Waals surface area contributed by atoms with Crippen molar-refractivity contribution in [2.24, 2.45) is 0 Å². The minimum Gasteiger partial charge on any atom is -0.508 e. The summed E-state index contributed by atoms with van der Waals surface area (Å²) >= 11 is 6.09.